The van der Waals surface area contributed by atoms with E-state index in [1.165, 1.54) is 27.3 Å². The van der Waals surface area contributed by atoms with Gasteiger partial charge in [0.25, 0.3) is 0 Å². The Kier molecular flexibility index (Phi) is 4.80. The number of hydrogen-bond acceptors (Lipinski definition) is 4. The van der Waals surface area contributed by atoms with Crippen LogP contribution in [0.5, 0.6) is 11.5 Å². The van der Waals surface area contributed by atoms with Gasteiger partial charge in [-0.25, -0.2) is 4.98 Å². The summed E-state index contributed by atoms with van der Waals surface area (Å²) in [6, 6.07) is 18.4. The lowest BCUT2D eigenvalue weighted by Gasteiger charge is -2.31. The van der Waals surface area contributed by atoms with Crippen LogP contribution in [0.1, 0.15) is 24.5 Å². The Morgan fingerprint density at radius 3 is 2.73 bits per heavy atom. The standard InChI is InChI=1S/C26H26N2O2/c1-3-13-28-14-12-20-21(16-28)26(18-9-11-24(30-2)23(29)15-18)27-22-10-8-17-6-4-5-7-19(17)25(20)22/h4-11,15,29H,3,12-14,16H2,1-2H3. The highest BCUT2D eigenvalue weighted by molar-refractivity contribution is 6.09. The van der Waals surface area contributed by atoms with Gasteiger partial charge < -0.3 is 9.84 Å². The summed E-state index contributed by atoms with van der Waals surface area (Å²) < 4.78 is 5.24. The van der Waals surface area contributed by atoms with Crippen LogP contribution < -0.4 is 4.74 Å². The van der Waals surface area contributed by atoms with Crippen molar-refractivity contribution in [3.63, 3.8) is 0 Å². The molecule has 0 atom stereocenters. The summed E-state index contributed by atoms with van der Waals surface area (Å²) in [5.74, 6) is 0.623. The first-order valence-corrected chi connectivity index (χ1v) is 10.6. The Labute approximate surface area is 176 Å². The van der Waals surface area contributed by atoms with Gasteiger partial charge in [0.2, 0.25) is 0 Å². The van der Waals surface area contributed by atoms with E-state index in [4.69, 9.17) is 9.72 Å². The molecule has 0 saturated heterocycles. The number of fused-ring (bicyclic) bond motifs is 5. The second-order valence-electron chi connectivity index (χ2n) is 8.01. The van der Waals surface area contributed by atoms with E-state index in [1.807, 2.05) is 12.1 Å². The minimum Gasteiger partial charge on any atom is -0.504 e. The van der Waals surface area contributed by atoms with Gasteiger partial charge in [-0.05, 0) is 65.6 Å². The van der Waals surface area contributed by atoms with Crippen LogP contribution in [-0.2, 0) is 13.0 Å². The maximum absolute atomic E-state index is 10.4. The molecule has 1 aromatic heterocycles. The van der Waals surface area contributed by atoms with Crippen molar-refractivity contribution in [2.45, 2.75) is 26.3 Å². The predicted octanol–water partition coefficient (Wildman–Crippen LogP) is 5.54. The van der Waals surface area contributed by atoms with Gasteiger partial charge in [0.05, 0.1) is 18.3 Å². The highest BCUT2D eigenvalue weighted by Gasteiger charge is 2.24. The summed E-state index contributed by atoms with van der Waals surface area (Å²) in [6.45, 7) is 5.26. The van der Waals surface area contributed by atoms with Crippen LogP contribution >= 0.6 is 0 Å². The molecule has 152 valence electrons. The van der Waals surface area contributed by atoms with Crippen LogP contribution in [-0.4, -0.2) is 35.2 Å². The second-order valence-corrected chi connectivity index (χ2v) is 8.01. The molecule has 4 nitrogen and oxygen atoms in total. The molecule has 0 spiro atoms. The predicted molar refractivity (Wildman–Crippen MR) is 122 cm³/mol. The van der Waals surface area contributed by atoms with E-state index in [1.54, 1.807) is 13.2 Å². The third kappa shape index (κ3) is 3.08. The van der Waals surface area contributed by atoms with E-state index >= 15 is 0 Å². The quantitative estimate of drug-likeness (QED) is 0.459. The molecule has 30 heavy (non-hydrogen) atoms. The van der Waals surface area contributed by atoms with E-state index in [-0.39, 0.29) is 5.75 Å². The Morgan fingerprint density at radius 2 is 1.93 bits per heavy atom. The molecule has 0 radical (unpaired) electrons. The second kappa shape index (κ2) is 7.62. The van der Waals surface area contributed by atoms with Crippen molar-refractivity contribution >= 4 is 21.7 Å². The number of hydrogen-bond donors (Lipinski definition) is 1. The van der Waals surface area contributed by atoms with Crippen molar-refractivity contribution in [2.24, 2.45) is 0 Å². The van der Waals surface area contributed by atoms with Crippen molar-refractivity contribution in [1.29, 1.82) is 0 Å². The van der Waals surface area contributed by atoms with Crippen LogP contribution in [0.4, 0.5) is 0 Å². The lowest BCUT2D eigenvalue weighted by atomic mass is 9.89. The van der Waals surface area contributed by atoms with Crippen molar-refractivity contribution in [1.82, 2.24) is 9.88 Å². The smallest absolute Gasteiger partial charge is 0.160 e. The summed E-state index contributed by atoms with van der Waals surface area (Å²) in [4.78, 5) is 7.63. The molecular formula is C26H26N2O2. The minimum absolute atomic E-state index is 0.144. The number of pyridine rings is 1. The van der Waals surface area contributed by atoms with Crippen molar-refractivity contribution < 1.29 is 9.84 Å². The Hall–Kier alpha value is -3.11. The first kappa shape index (κ1) is 18.9. The molecule has 1 aliphatic heterocycles. The first-order valence-electron chi connectivity index (χ1n) is 10.6. The van der Waals surface area contributed by atoms with Crippen molar-refractivity contribution in [3.05, 3.63) is 65.7 Å². The Bertz CT molecular complexity index is 1250. The molecule has 2 heterocycles. The molecule has 3 aromatic carbocycles. The fraction of sp³-hybridized carbons (Fsp3) is 0.269. The average molecular weight is 399 g/mol. The van der Waals surface area contributed by atoms with E-state index in [2.05, 4.69) is 48.2 Å². The zero-order valence-corrected chi connectivity index (χ0v) is 17.5. The number of rotatable bonds is 4. The van der Waals surface area contributed by atoms with Gasteiger partial charge in [-0.1, -0.05) is 37.3 Å². The minimum atomic E-state index is 0.144. The molecule has 4 heteroatoms. The highest BCUT2D eigenvalue weighted by atomic mass is 16.5. The summed E-state index contributed by atoms with van der Waals surface area (Å²) in [7, 11) is 1.57. The van der Waals surface area contributed by atoms with E-state index < -0.39 is 0 Å². The zero-order chi connectivity index (χ0) is 20.7. The molecule has 0 unspecified atom stereocenters. The van der Waals surface area contributed by atoms with Gasteiger partial charge in [0, 0.05) is 24.0 Å². The fourth-order valence-corrected chi connectivity index (χ4v) is 4.75. The third-order valence-corrected chi connectivity index (χ3v) is 6.14. The van der Waals surface area contributed by atoms with Gasteiger partial charge in [-0.2, -0.15) is 0 Å². The van der Waals surface area contributed by atoms with Gasteiger partial charge in [0.15, 0.2) is 11.5 Å². The van der Waals surface area contributed by atoms with Crippen LogP contribution in [0, 0.1) is 0 Å². The number of phenolic OH excluding ortho intramolecular Hbond substituents is 1. The fourth-order valence-electron chi connectivity index (χ4n) is 4.75. The maximum atomic E-state index is 10.4. The lowest BCUT2D eigenvalue weighted by Crippen LogP contribution is -2.32. The summed E-state index contributed by atoms with van der Waals surface area (Å²) in [5.41, 5.74) is 5.59. The highest BCUT2D eigenvalue weighted by Crippen LogP contribution is 2.39. The topological polar surface area (TPSA) is 45.6 Å². The monoisotopic (exact) mass is 398 g/mol. The Balaban J connectivity index is 1.79. The van der Waals surface area contributed by atoms with Crippen LogP contribution in [0.3, 0.4) is 0 Å². The number of aromatic nitrogens is 1. The van der Waals surface area contributed by atoms with Crippen molar-refractivity contribution in [3.8, 4) is 22.8 Å². The largest absolute Gasteiger partial charge is 0.504 e. The van der Waals surface area contributed by atoms with Gasteiger partial charge in [-0.15, -0.1) is 0 Å². The molecular weight excluding hydrogens is 372 g/mol. The number of nitrogens with zero attached hydrogens (tertiary/aromatic N) is 2. The zero-order valence-electron chi connectivity index (χ0n) is 17.5. The summed E-state index contributed by atoms with van der Waals surface area (Å²) in [5, 5.41) is 14.2. The number of methoxy groups -OCH3 is 1. The van der Waals surface area contributed by atoms with Gasteiger partial charge >= 0.3 is 0 Å². The van der Waals surface area contributed by atoms with Crippen molar-refractivity contribution in [2.75, 3.05) is 20.2 Å². The third-order valence-electron chi connectivity index (χ3n) is 6.14. The number of aromatic hydroxyl groups is 1. The summed E-state index contributed by atoms with van der Waals surface area (Å²) in [6.07, 6.45) is 2.15. The molecule has 4 aromatic rings. The SMILES string of the molecule is CCCN1CCc2c(c(-c3ccc(OC)c(O)c3)nc3ccc4ccccc4c23)C1. The molecule has 1 aliphatic rings. The van der Waals surface area contributed by atoms with E-state index in [0.717, 1.165) is 49.2 Å². The van der Waals surface area contributed by atoms with E-state index in [0.29, 0.717) is 5.75 Å². The van der Waals surface area contributed by atoms with Crippen LogP contribution in [0.2, 0.25) is 0 Å². The van der Waals surface area contributed by atoms with Crippen LogP contribution in [0.15, 0.2) is 54.6 Å². The number of phenols is 1. The molecule has 1 N–H and O–H groups in total. The molecule has 0 saturated carbocycles. The Morgan fingerprint density at radius 1 is 1.07 bits per heavy atom. The summed E-state index contributed by atoms with van der Waals surface area (Å²) >= 11 is 0. The van der Waals surface area contributed by atoms with Crippen LogP contribution in [0.25, 0.3) is 32.9 Å². The van der Waals surface area contributed by atoms with Gasteiger partial charge in [-0.3, -0.25) is 4.90 Å². The first-order chi connectivity index (χ1) is 14.7. The number of ether oxygens (including phenoxy) is 1. The molecule has 0 amide bonds. The van der Waals surface area contributed by atoms with E-state index in [9.17, 15) is 5.11 Å². The normalized spacial score (nSPS) is 14.2. The van der Waals surface area contributed by atoms with Gasteiger partial charge in [0.1, 0.15) is 0 Å². The molecule has 5 rings (SSSR count). The molecule has 0 fully saturated rings. The maximum Gasteiger partial charge on any atom is 0.160 e. The number of benzene rings is 3. The lowest BCUT2D eigenvalue weighted by molar-refractivity contribution is 0.255. The average Bonchev–Trinajstić information content (AvgIpc) is 2.78. The molecule has 0 bridgehead atoms. The molecule has 0 aliphatic carbocycles.